The van der Waals surface area contributed by atoms with Gasteiger partial charge in [-0.2, -0.15) is 0 Å². The van der Waals surface area contributed by atoms with E-state index >= 15 is 4.39 Å². The maximum atomic E-state index is 16.2. The molecule has 4 amide bonds. The van der Waals surface area contributed by atoms with Gasteiger partial charge in [-0.25, -0.2) is 23.9 Å². The second kappa shape index (κ2) is 16.6. The number of nitrogens with one attached hydrogen (secondary N) is 3. The molecule has 5 heterocycles. The van der Waals surface area contributed by atoms with Crippen molar-refractivity contribution in [3.05, 3.63) is 82.5 Å². The molecule has 16 nitrogen and oxygen atoms in total. The number of fused-ring (bicyclic) bond motifs is 3. The van der Waals surface area contributed by atoms with Crippen molar-refractivity contribution in [3.63, 3.8) is 0 Å². The number of likely N-dealkylation sites (tertiary alicyclic amines) is 2. The lowest BCUT2D eigenvalue weighted by molar-refractivity contribution is -0.138. The number of carbonyl (C=O) groups is 4. The summed E-state index contributed by atoms with van der Waals surface area (Å²) in [4.78, 5) is 85.7. The Balaban J connectivity index is 1.07. The molecule has 4 N–H and O–H groups in total. The topological polar surface area (TPSA) is 207 Å². The monoisotopic (exact) mass is 848 g/mol. The highest BCUT2D eigenvalue weighted by Crippen LogP contribution is 2.37. The van der Waals surface area contributed by atoms with E-state index < -0.39 is 35.5 Å². The number of imidazole rings is 2. The number of nitrogens with zero attached hydrogens (tertiary/aromatic N) is 5. The van der Waals surface area contributed by atoms with Crippen molar-refractivity contribution in [1.82, 2.24) is 40.0 Å². The van der Waals surface area contributed by atoms with Crippen LogP contribution < -0.4 is 10.7 Å². The van der Waals surface area contributed by atoms with Crippen LogP contribution in [-0.2, 0) is 14.3 Å². The number of H-pyrrole nitrogens is 2. The summed E-state index contributed by atoms with van der Waals surface area (Å²) in [5.74, 6) is -0.455. The molecule has 0 bridgehead atoms. The highest BCUT2D eigenvalue weighted by atomic mass is 19.1. The number of rotatable bonds is 10. The third-order valence-electron chi connectivity index (χ3n) is 12.2. The van der Waals surface area contributed by atoms with E-state index in [1.165, 1.54) is 14.2 Å². The molecule has 0 aliphatic carbocycles. The molecule has 6 aromatic rings. The molecule has 2 fully saturated rings. The van der Waals surface area contributed by atoms with Gasteiger partial charge in [0, 0.05) is 36.7 Å². The predicted octanol–water partition coefficient (Wildman–Crippen LogP) is 7.36. The third-order valence-corrected chi connectivity index (χ3v) is 12.2. The van der Waals surface area contributed by atoms with Gasteiger partial charge < -0.3 is 39.3 Å². The lowest BCUT2D eigenvalue weighted by Gasteiger charge is -2.33. The van der Waals surface area contributed by atoms with Crippen LogP contribution in [0.3, 0.4) is 0 Å². The molecule has 17 heteroatoms. The predicted molar refractivity (Wildman–Crippen MR) is 229 cm³/mol. The van der Waals surface area contributed by atoms with Gasteiger partial charge in [0.2, 0.25) is 17.2 Å². The van der Waals surface area contributed by atoms with Gasteiger partial charge in [0.25, 0.3) is 0 Å². The van der Waals surface area contributed by atoms with Crippen LogP contribution in [0.15, 0.2) is 64.1 Å². The number of amides is 4. The second-order valence-corrected chi connectivity index (χ2v) is 16.8. The zero-order valence-corrected chi connectivity index (χ0v) is 35.3. The molecule has 2 aliphatic heterocycles. The summed E-state index contributed by atoms with van der Waals surface area (Å²) in [5, 5.41) is 13.3. The normalized spacial score (nSPS) is 17.7. The SMILES string of the molecule is COC(=O)N[C@H](C(=O)N1CCC[C@H]1c1ncc(-c2ccc3c(F)c4oc5ccc(-c6cnc([C@@H]7CCCN7C(=O)[C@H](C(C)C)N(C)C(=O)O)[nH]6)cc5c(=O)c4cc3c2)[nH]1)C(C)C. The molecule has 8 rings (SSSR count). The van der Waals surface area contributed by atoms with Crippen molar-refractivity contribution in [2.45, 2.75) is 77.5 Å². The number of aromatic nitrogens is 4. The highest BCUT2D eigenvalue weighted by Gasteiger charge is 2.40. The van der Waals surface area contributed by atoms with Gasteiger partial charge in [-0.1, -0.05) is 39.8 Å². The minimum absolute atomic E-state index is 0.0684. The van der Waals surface area contributed by atoms with Crippen LogP contribution in [0.4, 0.5) is 14.0 Å². The Morgan fingerprint density at radius 1 is 0.855 bits per heavy atom. The zero-order chi connectivity index (χ0) is 44.1. The Morgan fingerprint density at radius 2 is 1.45 bits per heavy atom. The number of carboxylic acid groups (broad SMARTS) is 1. The number of likely N-dealkylation sites (N-methyl/N-ethyl adjacent to an activating group) is 1. The van der Waals surface area contributed by atoms with Gasteiger partial charge in [-0.05, 0) is 73.2 Å². The molecule has 0 radical (unpaired) electrons. The number of benzene rings is 3. The summed E-state index contributed by atoms with van der Waals surface area (Å²) in [6, 6.07) is 9.47. The van der Waals surface area contributed by atoms with E-state index in [2.05, 4.69) is 25.3 Å². The maximum Gasteiger partial charge on any atom is 0.407 e. The first-order valence-electron chi connectivity index (χ1n) is 20.8. The minimum atomic E-state index is -1.18. The number of hydrogen-bond donors (Lipinski definition) is 4. The van der Waals surface area contributed by atoms with Crippen molar-refractivity contribution in [3.8, 4) is 22.5 Å². The Labute approximate surface area is 355 Å². The van der Waals surface area contributed by atoms with Crippen LogP contribution in [0.25, 0.3) is 55.2 Å². The molecule has 4 atom stereocenters. The molecule has 62 heavy (non-hydrogen) atoms. The van der Waals surface area contributed by atoms with Gasteiger partial charge in [-0.15, -0.1) is 0 Å². The van der Waals surface area contributed by atoms with Gasteiger partial charge in [-0.3, -0.25) is 19.3 Å². The largest absolute Gasteiger partial charge is 0.465 e. The van der Waals surface area contributed by atoms with Crippen molar-refractivity contribution < 1.29 is 37.8 Å². The van der Waals surface area contributed by atoms with E-state index in [9.17, 15) is 29.1 Å². The Kier molecular flexibility index (Phi) is 11.2. The van der Waals surface area contributed by atoms with Crippen LogP contribution >= 0.6 is 0 Å². The average molecular weight is 849 g/mol. The fourth-order valence-corrected chi connectivity index (χ4v) is 9.00. The second-order valence-electron chi connectivity index (χ2n) is 16.8. The molecular weight excluding hydrogens is 800 g/mol. The summed E-state index contributed by atoms with van der Waals surface area (Å²) in [6.45, 7) is 8.32. The van der Waals surface area contributed by atoms with Crippen LogP contribution in [0.2, 0.25) is 0 Å². The number of halogens is 1. The van der Waals surface area contributed by atoms with Crippen molar-refractivity contribution in [1.29, 1.82) is 0 Å². The molecule has 0 spiro atoms. The number of alkyl carbamates (subject to hydrolysis) is 1. The van der Waals surface area contributed by atoms with Crippen LogP contribution in [0.1, 0.15) is 77.1 Å². The van der Waals surface area contributed by atoms with E-state index in [4.69, 9.17) is 9.15 Å². The fourth-order valence-electron chi connectivity index (χ4n) is 9.00. The average Bonchev–Trinajstić information content (AvgIpc) is 4.09. The third kappa shape index (κ3) is 7.49. The summed E-state index contributed by atoms with van der Waals surface area (Å²) in [5.41, 5.74) is 2.19. The van der Waals surface area contributed by atoms with Gasteiger partial charge in [0.05, 0.1) is 53.7 Å². The number of carbonyl (C=O) groups excluding carboxylic acids is 3. The van der Waals surface area contributed by atoms with Crippen molar-refractivity contribution >= 4 is 56.7 Å². The standard InChI is InChI=1S/C45H49FN8O8/c1-22(2)36(51-44(58)61-6)42(56)53-15-7-9-32(53)40-47-20-30(49-40)24-11-13-27-26(17-24)19-29-38(55)28-18-25(12-14-34(28)62-39(29)35(27)46)31-21-48-41(50-31)33-10-8-16-54(33)43(57)37(23(3)4)52(5)45(59)60/h11-14,17-23,32-33,36-37H,7-10,15-16H2,1-6H3,(H,47,49)(H,48,50)(H,51,58)(H,59,60)/t32-,33-,36-,37-/m0/s1. The van der Waals surface area contributed by atoms with Crippen molar-refractivity contribution in [2.75, 3.05) is 27.2 Å². The first-order valence-corrected chi connectivity index (χ1v) is 20.8. The number of aromatic amines is 2. The molecule has 2 saturated heterocycles. The number of hydrogen-bond acceptors (Lipinski definition) is 9. The van der Waals surface area contributed by atoms with Crippen molar-refractivity contribution in [2.24, 2.45) is 11.8 Å². The van der Waals surface area contributed by atoms with Gasteiger partial charge in [0.15, 0.2) is 11.4 Å². The molecule has 0 saturated carbocycles. The van der Waals surface area contributed by atoms with E-state index in [0.29, 0.717) is 65.5 Å². The molecule has 2 aliphatic rings. The molecule has 3 aromatic carbocycles. The van der Waals surface area contributed by atoms with Crippen LogP contribution in [0, 0.1) is 17.7 Å². The first kappa shape index (κ1) is 41.9. The Morgan fingerprint density at radius 3 is 2.03 bits per heavy atom. The quantitative estimate of drug-likeness (QED) is 0.101. The van der Waals surface area contributed by atoms with Gasteiger partial charge in [0.1, 0.15) is 29.3 Å². The molecular formula is C45H49FN8O8. The van der Waals surface area contributed by atoms with E-state index in [1.807, 2.05) is 27.7 Å². The van der Waals surface area contributed by atoms with Crippen LogP contribution in [-0.4, -0.2) is 103 Å². The summed E-state index contributed by atoms with van der Waals surface area (Å²) >= 11 is 0. The highest BCUT2D eigenvalue weighted by molar-refractivity contribution is 6.01. The Bertz CT molecular complexity index is 2800. The van der Waals surface area contributed by atoms with E-state index in [1.54, 1.807) is 64.7 Å². The molecule has 324 valence electrons. The van der Waals surface area contributed by atoms with Crippen LogP contribution in [0.5, 0.6) is 0 Å². The zero-order valence-electron chi connectivity index (χ0n) is 35.3. The smallest absolute Gasteiger partial charge is 0.407 e. The fraction of sp³-hybridized carbons (Fsp3) is 0.400. The lowest BCUT2D eigenvalue weighted by Crippen LogP contribution is -2.51. The minimum Gasteiger partial charge on any atom is -0.465 e. The number of methoxy groups -OCH3 is 1. The van der Waals surface area contributed by atoms with E-state index in [-0.39, 0.29) is 63.1 Å². The van der Waals surface area contributed by atoms with E-state index in [0.717, 1.165) is 17.7 Å². The maximum absolute atomic E-state index is 16.2. The molecule has 0 unspecified atom stereocenters. The van der Waals surface area contributed by atoms with Gasteiger partial charge >= 0.3 is 12.2 Å². The Hall–Kier alpha value is -6.78. The number of ether oxygens (including phenoxy) is 1. The summed E-state index contributed by atoms with van der Waals surface area (Å²) in [6.07, 6.45) is 4.25. The summed E-state index contributed by atoms with van der Waals surface area (Å²) < 4.78 is 27.0. The lowest BCUT2D eigenvalue weighted by atomic mass is 10.0. The summed E-state index contributed by atoms with van der Waals surface area (Å²) in [7, 11) is 2.66. The molecule has 3 aromatic heterocycles. The first-order chi connectivity index (χ1) is 29.7.